The third kappa shape index (κ3) is 20.2. The van der Waals surface area contributed by atoms with Crippen molar-refractivity contribution in [2.24, 2.45) is 13.0 Å². The number of nitrogens with zero attached hydrogens (tertiary/aromatic N) is 4. The van der Waals surface area contributed by atoms with Crippen molar-refractivity contribution in [2.45, 2.75) is 89.1 Å². The first kappa shape index (κ1) is 42.7. The van der Waals surface area contributed by atoms with Crippen LogP contribution in [-0.2, 0) is 18.4 Å². The van der Waals surface area contributed by atoms with Crippen LogP contribution in [-0.4, -0.2) is 45.7 Å². The summed E-state index contributed by atoms with van der Waals surface area (Å²) in [5.41, 5.74) is 2.00. The van der Waals surface area contributed by atoms with Gasteiger partial charge in [0.1, 0.15) is 5.76 Å². The van der Waals surface area contributed by atoms with Crippen molar-refractivity contribution in [2.75, 3.05) is 14.1 Å². The van der Waals surface area contributed by atoms with Crippen LogP contribution in [0.4, 0.5) is 0 Å². The highest BCUT2D eigenvalue weighted by Crippen LogP contribution is 2.28. The summed E-state index contributed by atoms with van der Waals surface area (Å²) in [6.45, 7) is 18.6. The van der Waals surface area contributed by atoms with E-state index in [2.05, 4.69) is 20.1 Å². The minimum Gasteiger partial charge on any atom is -0.362 e. The molecule has 224 valence electrons. The summed E-state index contributed by atoms with van der Waals surface area (Å²) in [6.07, 6.45) is 7.45. The standard InChI is InChI=1S/C9H9NO.C5H9NO.C4H6N2.C4H5NO.4C2H6.CH4/c1-10-6-7-4-2-3-5-8(7)9(10)11;1-6-5(7)4-2-3-4;1-6-4-2-3-5-6;1-4-2-3-5-6-4;4*1-2;/h2-5H,6H2,1H3;4H,2-3H2,1H3,(H,6,7);2-4H,1H3;2-3H,1H3;4*1-2H3;1H4. The van der Waals surface area contributed by atoms with E-state index in [1.54, 1.807) is 35.1 Å². The summed E-state index contributed by atoms with van der Waals surface area (Å²) in [7, 11) is 5.39. The van der Waals surface area contributed by atoms with Gasteiger partial charge in [0.15, 0.2) is 0 Å². The smallest absolute Gasteiger partial charge is 0.254 e. The lowest BCUT2D eigenvalue weighted by atomic mass is 10.1. The third-order valence-corrected chi connectivity index (χ3v) is 4.40. The maximum Gasteiger partial charge on any atom is 0.254 e. The molecule has 39 heavy (non-hydrogen) atoms. The van der Waals surface area contributed by atoms with Gasteiger partial charge in [0.05, 0.1) is 6.20 Å². The van der Waals surface area contributed by atoms with Crippen LogP contribution >= 0.6 is 0 Å². The van der Waals surface area contributed by atoms with Crippen molar-refractivity contribution >= 4 is 11.8 Å². The first-order chi connectivity index (χ1) is 18.4. The topological polar surface area (TPSA) is 93.3 Å². The SMILES string of the molecule is C.CC.CC.CC.CC.CN1Cc2ccccc2C1=O.CNC(=O)C1CC1.Cc1ccno1.Cn1cccn1. The molecule has 1 aromatic carbocycles. The Morgan fingerprint density at radius 3 is 1.77 bits per heavy atom. The Morgan fingerprint density at radius 1 is 0.923 bits per heavy atom. The fraction of sp³-hybridized carbons (Fsp3) is 0.548. The van der Waals surface area contributed by atoms with E-state index in [-0.39, 0.29) is 19.2 Å². The number of rotatable bonds is 1. The Kier molecular flexibility index (Phi) is 31.9. The number of fused-ring (bicyclic) bond motifs is 1. The summed E-state index contributed by atoms with van der Waals surface area (Å²) >= 11 is 0. The Hall–Kier alpha value is -3.42. The molecule has 3 aromatic rings. The molecule has 0 spiro atoms. The predicted molar refractivity (Wildman–Crippen MR) is 166 cm³/mol. The molecule has 8 nitrogen and oxygen atoms in total. The predicted octanol–water partition coefficient (Wildman–Crippen LogP) is 7.56. The highest BCUT2D eigenvalue weighted by Gasteiger charge is 2.28. The Morgan fingerprint density at radius 2 is 1.49 bits per heavy atom. The van der Waals surface area contributed by atoms with E-state index in [0.717, 1.165) is 36.3 Å². The molecule has 5 rings (SSSR count). The molecule has 1 N–H and O–H groups in total. The second-order valence-electron chi connectivity index (χ2n) is 7.01. The number of hydrogen-bond acceptors (Lipinski definition) is 5. The molecule has 1 fully saturated rings. The fourth-order valence-corrected chi connectivity index (χ4v) is 2.57. The van der Waals surface area contributed by atoms with Gasteiger partial charge in [-0.2, -0.15) is 5.10 Å². The lowest BCUT2D eigenvalue weighted by molar-refractivity contribution is -0.121. The lowest BCUT2D eigenvalue weighted by Gasteiger charge is -2.04. The molecule has 1 saturated carbocycles. The maximum atomic E-state index is 11.3. The van der Waals surface area contributed by atoms with Gasteiger partial charge < -0.3 is 14.7 Å². The molecule has 8 heteroatoms. The van der Waals surface area contributed by atoms with Gasteiger partial charge in [-0.3, -0.25) is 14.3 Å². The highest BCUT2D eigenvalue weighted by molar-refractivity contribution is 5.98. The molecule has 0 radical (unpaired) electrons. The average Bonchev–Trinajstić information content (AvgIpc) is 3.40. The normalized spacial score (nSPS) is 11.1. The lowest BCUT2D eigenvalue weighted by Crippen LogP contribution is -2.18. The summed E-state index contributed by atoms with van der Waals surface area (Å²) in [6, 6.07) is 11.4. The highest BCUT2D eigenvalue weighted by atomic mass is 16.5. The van der Waals surface area contributed by atoms with Crippen molar-refractivity contribution in [3.8, 4) is 0 Å². The van der Waals surface area contributed by atoms with Gasteiger partial charge in [0, 0.05) is 57.6 Å². The van der Waals surface area contributed by atoms with Crippen molar-refractivity contribution in [3.63, 3.8) is 0 Å². The number of carbonyl (C=O) groups is 2. The quantitative estimate of drug-likeness (QED) is 0.339. The van der Waals surface area contributed by atoms with Gasteiger partial charge >= 0.3 is 0 Å². The summed E-state index contributed by atoms with van der Waals surface area (Å²) in [4.78, 5) is 23.5. The molecule has 2 amide bonds. The second-order valence-corrected chi connectivity index (χ2v) is 7.01. The molecule has 2 aromatic heterocycles. The number of carbonyl (C=O) groups excluding carboxylic acids is 2. The Balaban J connectivity index is -0.000000196. The number of aromatic nitrogens is 3. The van der Waals surface area contributed by atoms with E-state index in [9.17, 15) is 9.59 Å². The van der Waals surface area contributed by atoms with E-state index in [1.165, 1.54) is 0 Å². The molecule has 2 aliphatic rings. The van der Waals surface area contributed by atoms with Crippen molar-refractivity contribution < 1.29 is 14.1 Å². The van der Waals surface area contributed by atoms with E-state index in [0.29, 0.717) is 5.92 Å². The molecule has 0 unspecified atom stereocenters. The van der Waals surface area contributed by atoms with Crippen LogP contribution in [0, 0.1) is 12.8 Å². The Bertz CT molecular complexity index is 874. The fourth-order valence-electron chi connectivity index (χ4n) is 2.57. The van der Waals surface area contributed by atoms with Crippen LogP contribution in [0.3, 0.4) is 0 Å². The summed E-state index contributed by atoms with van der Waals surface area (Å²) < 4.78 is 6.33. The number of aryl methyl sites for hydroxylation is 2. The molecular formula is C31H57N5O3. The number of benzene rings is 1. The summed E-state index contributed by atoms with van der Waals surface area (Å²) in [5.74, 6) is 1.57. The van der Waals surface area contributed by atoms with Gasteiger partial charge in [-0.05, 0) is 37.5 Å². The Labute approximate surface area is 239 Å². The van der Waals surface area contributed by atoms with Crippen molar-refractivity contribution in [3.05, 3.63) is 71.9 Å². The van der Waals surface area contributed by atoms with Gasteiger partial charge in [-0.25, -0.2) is 0 Å². The minimum atomic E-state index is 0. The van der Waals surface area contributed by atoms with Crippen LogP contribution in [0.5, 0.6) is 0 Å². The zero-order valence-corrected chi connectivity index (χ0v) is 25.9. The van der Waals surface area contributed by atoms with Gasteiger partial charge in [-0.15, -0.1) is 0 Å². The zero-order chi connectivity index (χ0) is 29.9. The third-order valence-electron chi connectivity index (χ3n) is 4.40. The molecule has 1 aliphatic carbocycles. The summed E-state index contributed by atoms with van der Waals surface area (Å²) in [5, 5.41) is 9.87. The van der Waals surface area contributed by atoms with Gasteiger partial charge in [0.2, 0.25) is 5.91 Å². The number of nitrogens with one attached hydrogen (secondary N) is 1. The van der Waals surface area contributed by atoms with Crippen LogP contribution in [0.15, 0.2) is 59.5 Å². The van der Waals surface area contributed by atoms with E-state index >= 15 is 0 Å². The molecule has 1 aliphatic heterocycles. The molecule has 0 saturated heterocycles. The molecule has 0 bridgehead atoms. The molecular weight excluding hydrogens is 490 g/mol. The largest absolute Gasteiger partial charge is 0.362 e. The monoisotopic (exact) mass is 547 g/mol. The maximum absolute atomic E-state index is 11.3. The van der Waals surface area contributed by atoms with Crippen LogP contribution < -0.4 is 5.32 Å². The number of amides is 2. The van der Waals surface area contributed by atoms with Crippen molar-refractivity contribution in [1.82, 2.24) is 25.2 Å². The molecule has 3 heterocycles. The second kappa shape index (κ2) is 29.1. The van der Waals surface area contributed by atoms with E-state index in [1.807, 2.05) is 113 Å². The number of hydrogen-bond donors (Lipinski definition) is 1. The van der Waals surface area contributed by atoms with E-state index in [4.69, 9.17) is 0 Å². The van der Waals surface area contributed by atoms with Crippen LogP contribution in [0.25, 0.3) is 0 Å². The minimum absolute atomic E-state index is 0. The van der Waals surface area contributed by atoms with E-state index < -0.39 is 0 Å². The van der Waals surface area contributed by atoms with Crippen molar-refractivity contribution in [1.29, 1.82) is 0 Å². The van der Waals surface area contributed by atoms with Gasteiger partial charge in [0.25, 0.3) is 5.91 Å². The first-order valence-corrected chi connectivity index (χ1v) is 13.8. The van der Waals surface area contributed by atoms with Crippen LogP contribution in [0.2, 0.25) is 0 Å². The van der Waals surface area contributed by atoms with Crippen LogP contribution in [0.1, 0.15) is 97.3 Å². The first-order valence-electron chi connectivity index (χ1n) is 13.8. The average molecular weight is 548 g/mol. The molecule has 0 atom stereocenters. The van der Waals surface area contributed by atoms with Gasteiger partial charge in [-0.1, -0.05) is 86.2 Å². The zero-order valence-electron chi connectivity index (χ0n) is 25.9.